The van der Waals surface area contributed by atoms with Crippen LogP contribution in [0.1, 0.15) is 11.9 Å². The van der Waals surface area contributed by atoms with Crippen LogP contribution in [0.3, 0.4) is 0 Å². The van der Waals surface area contributed by atoms with Gasteiger partial charge in [0, 0.05) is 6.42 Å². The Balaban J connectivity index is 1.74. The highest BCUT2D eigenvalue weighted by Gasteiger charge is 2.47. The summed E-state index contributed by atoms with van der Waals surface area (Å²) in [7, 11) is -16.7. The molecule has 1 saturated heterocycles. The third kappa shape index (κ3) is 7.28. The summed E-state index contributed by atoms with van der Waals surface area (Å²) < 4.78 is 52.5. The standard InChI is InChI=1S/C13H22N5O13P3S/c1-35-3-2-6-8-11(17-13(14)16-6)18(5-15-8)12-10(20)9(19)7(29-12)4-28-33(24,25)31-34(26,27)30-32(21,22)23/h5,7,9-10,12,19-20H,2-4H2,1H3,(H,24,25)(H,26,27)(H2,14,16,17)(H2,21,22,23)/t7-,9-,10-,12-/m1/s1. The minimum Gasteiger partial charge on any atom is -0.387 e. The van der Waals surface area contributed by atoms with Gasteiger partial charge in [0.05, 0.1) is 18.6 Å². The molecule has 22 heteroatoms. The molecular weight excluding hydrogens is 559 g/mol. The van der Waals surface area contributed by atoms with E-state index in [1.807, 2.05) is 6.26 Å². The van der Waals surface area contributed by atoms with Gasteiger partial charge >= 0.3 is 23.5 Å². The Bertz CT molecular complexity index is 1210. The molecule has 6 atom stereocenters. The van der Waals surface area contributed by atoms with Gasteiger partial charge in [-0.2, -0.15) is 25.4 Å². The third-order valence-corrected chi connectivity index (χ3v) is 8.90. The van der Waals surface area contributed by atoms with Crippen LogP contribution in [0.2, 0.25) is 0 Å². The Labute approximate surface area is 200 Å². The first kappa shape index (κ1) is 28.6. The smallest absolute Gasteiger partial charge is 0.387 e. The monoisotopic (exact) mass is 581 g/mol. The zero-order valence-electron chi connectivity index (χ0n) is 17.7. The quantitative estimate of drug-likeness (QED) is 0.161. The highest BCUT2D eigenvalue weighted by molar-refractivity contribution is 7.98. The van der Waals surface area contributed by atoms with Gasteiger partial charge in [-0.3, -0.25) is 9.09 Å². The second-order valence-electron chi connectivity index (χ2n) is 7.03. The van der Waals surface area contributed by atoms with Crippen molar-refractivity contribution in [2.24, 2.45) is 0 Å². The number of phosphoric acid groups is 3. The lowest BCUT2D eigenvalue weighted by atomic mass is 10.1. The number of imidazole rings is 1. The summed E-state index contributed by atoms with van der Waals surface area (Å²) in [4.78, 5) is 48.4. The van der Waals surface area contributed by atoms with Gasteiger partial charge in [-0.15, -0.1) is 0 Å². The number of hydrogen-bond acceptors (Lipinski definition) is 14. The van der Waals surface area contributed by atoms with Crippen molar-refractivity contribution < 1.29 is 61.4 Å². The van der Waals surface area contributed by atoms with Crippen LogP contribution in [-0.4, -0.2) is 86.2 Å². The van der Waals surface area contributed by atoms with Crippen LogP contribution in [-0.2, 0) is 38.0 Å². The lowest BCUT2D eigenvalue weighted by Crippen LogP contribution is -2.33. The summed E-state index contributed by atoms with van der Waals surface area (Å²) >= 11 is 1.58. The first-order valence-electron chi connectivity index (χ1n) is 9.40. The molecule has 0 amide bonds. The van der Waals surface area contributed by atoms with Crippen LogP contribution in [0, 0.1) is 0 Å². The molecule has 8 N–H and O–H groups in total. The summed E-state index contributed by atoms with van der Waals surface area (Å²) in [5.41, 5.74) is 6.91. The van der Waals surface area contributed by atoms with Gasteiger partial charge in [0.1, 0.15) is 23.8 Å². The molecule has 2 aromatic rings. The second-order valence-corrected chi connectivity index (χ2v) is 12.4. The average molecular weight is 581 g/mol. The number of hydrogen-bond donors (Lipinski definition) is 7. The number of nitrogen functional groups attached to an aromatic ring is 1. The minimum atomic E-state index is -5.71. The fourth-order valence-electron chi connectivity index (χ4n) is 3.12. The molecule has 35 heavy (non-hydrogen) atoms. The third-order valence-electron chi connectivity index (χ3n) is 4.48. The van der Waals surface area contributed by atoms with Crippen molar-refractivity contribution in [2.75, 3.05) is 24.3 Å². The molecule has 1 aliphatic rings. The maximum atomic E-state index is 11.9. The van der Waals surface area contributed by atoms with E-state index in [-0.39, 0.29) is 11.6 Å². The van der Waals surface area contributed by atoms with E-state index in [4.69, 9.17) is 20.3 Å². The maximum Gasteiger partial charge on any atom is 0.490 e. The lowest BCUT2D eigenvalue weighted by molar-refractivity contribution is -0.0503. The Hall–Kier alpha value is -1.01. The number of phosphoric ester groups is 1. The number of thioether (sulfide) groups is 1. The molecule has 1 fully saturated rings. The molecule has 0 bridgehead atoms. The molecule has 2 aromatic heterocycles. The van der Waals surface area contributed by atoms with Crippen molar-refractivity contribution in [3.8, 4) is 0 Å². The summed E-state index contributed by atoms with van der Waals surface area (Å²) in [6.07, 6.45) is -2.34. The first-order chi connectivity index (χ1) is 16.1. The van der Waals surface area contributed by atoms with Crippen molar-refractivity contribution in [3.63, 3.8) is 0 Å². The lowest BCUT2D eigenvalue weighted by Gasteiger charge is -2.19. The number of anilines is 1. The number of aliphatic hydroxyl groups is 2. The molecule has 0 aliphatic carbocycles. The van der Waals surface area contributed by atoms with E-state index in [0.717, 1.165) is 5.75 Å². The molecular formula is C13H22N5O13P3S. The van der Waals surface area contributed by atoms with Crippen LogP contribution in [0.25, 0.3) is 11.2 Å². The van der Waals surface area contributed by atoms with Crippen LogP contribution in [0.5, 0.6) is 0 Å². The molecule has 198 valence electrons. The topological polar surface area (TPSA) is 279 Å². The Morgan fingerprint density at radius 2 is 1.80 bits per heavy atom. The molecule has 18 nitrogen and oxygen atoms in total. The van der Waals surface area contributed by atoms with Crippen LogP contribution in [0.4, 0.5) is 5.95 Å². The van der Waals surface area contributed by atoms with E-state index in [2.05, 4.69) is 28.1 Å². The van der Waals surface area contributed by atoms with Crippen LogP contribution >= 0.6 is 35.2 Å². The predicted octanol–water partition coefficient (Wildman–Crippen LogP) is -0.724. The predicted molar refractivity (Wildman–Crippen MR) is 118 cm³/mol. The van der Waals surface area contributed by atoms with Gasteiger partial charge in [-0.1, -0.05) is 0 Å². The molecule has 0 radical (unpaired) electrons. The fraction of sp³-hybridized carbons (Fsp3) is 0.615. The number of aliphatic hydroxyl groups excluding tert-OH is 2. The van der Waals surface area contributed by atoms with Gasteiger partial charge < -0.3 is 40.3 Å². The number of nitrogens with zero attached hydrogens (tertiary/aromatic N) is 4. The SMILES string of the molecule is CSCCc1nc(N)nc2c1ncn2[C@@H]1O[C@H](COP(=O)(O)OP(=O)(O)OP(=O)(O)O)[C@@H](O)[C@H]1O. The van der Waals surface area contributed by atoms with E-state index < -0.39 is 54.6 Å². The van der Waals surface area contributed by atoms with E-state index >= 15 is 0 Å². The zero-order valence-corrected chi connectivity index (χ0v) is 21.2. The molecule has 0 spiro atoms. The van der Waals surface area contributed by atoms with Crippen molar-refractivity contribution in [3.05, 3.63) is 12.0 Å². The second kappa shape index (κ2) is 10.8. The van der Waals surface area contributed by atoms with E-state index in [0.29, 0.717) is 17.6 Å². The van der Waals surface area contributed by atoms with Crippen molar-refractivity contribution in [2.45, 2.75) is 31.0 Å². The zero-order chi connectivity index (χ0) is 26.2. The van der Waals surface area contributed by atoms with Crippen molar-refractivity contribution in [1.82, 2.24) is 19.5 Å². The van der Waals surface area contributed by atoms with Crippen molar-refractivity contribution >= 4 is 52.3 Å². The van der Waals surface area contributed by atoms with Gasteiger partial charge in [0.2, 0.25) is 5.95 Å². The van der Waals surface area contributed by atoms with E-state index in [1.54, 1.807) is 11.8 Å². The number of ether oxygens (including phenoxy) is 1. The average Bonchev–Trinajstić information content (AvgIpc) is 3.23. The maximum absolute atomic E-state index is 11.9. The summed E-state index contributed by atoms with van der Waals surface area (Å²) in [5, 5.41) is 20.8. The van der Waals surface area contributed by atoms with E-state index in [9.17, 15) is 33.7 Å². The number of nitrogens with two attached hydrogens (primary N) is 1. The summed E-state index contributed by atoms with van der Waals surface area (Å²) in [6, 6.07) is 0. The minimum absolute atomic E-state index is 0.0624. The number of rotatable bonds is 11. The highest BCUT2D eigenvalue weighted by Crippen LogP contribution is 2.66. The fourth-order valence-corrected chi connectivity index (χ4v) is 6.55. The van der Waals surface area contributed by atoms with E-state index in [1.165, 1.54) is 10.9 Å². The molecule has 0 saturated carbocycles. The summed E-state index contributed by atoms with van der Waals surface area (Å²) in [6.45, 7) is -0.957. The molecule has 1 aliphatic heterocycles. The molecule has 3 rings (SSSR count). The van der Waals surface area contributed by atoms with Crippen molar-refractivity contribution in [1.29, 1.82) is 0 Å². The van der Waals surface area contributed by atoms with Gasteiger partial charge in [0.15, 0.2) is 11.9 Å². The normalized spacial score (nSPS) is 26.6. The number of aromatic nitrogens is 4. The number of fused-ring (bicyclic) bond motifs is 1. The molecule has 0 aromatic carbocycles. The first-order valence-corrected chi connectivity index (χ1v) is 15.3. The largest absolute Gasteiger partial charge is 0.490 e. The molecule has 3 heterocycles. The van der Waals surface area contributed by atoms with Crippen LogP contribution in [0.15, 0.2) is 6.33 Å². The Morgan fingerprint density at radius 3 is 2.43 bits per heavy atom. The van der Waals surface area contributed by atoms with Crippen LogP contribution < -0.4 is 5.73 Å². The van der Waals surface area contributed by atoms with Gasteiger partial charge in [0.25, 0.3) is 0 Å². The highest BCUT2D eigenvalue weighted by atomic mass is 32.2. The number of aryl methyl sites for hydroxylation is 1. The summed E-state index contributed by atoms with van der Waals surface area (Å²) in [5.74, 6) is 0.662. The van der Waals surface area contributed by atoms with Gasteiger partial charge in [-0.25, -0.2) is 23.7 Å². The van der Waals surface area contributed by atoms with Gasteiger partial charge in [-0.05, 0) is 12.0 Å². The Kier molecular flexibility index (Phi) is 8.79. The Morgan fingerprint density at radius 1 is 1.11 bits per heavy atom. The molecule has 2 unspecified atom stereocenters.